The van der Waals surface area contributed by atoms with Gasteiger partial charge in [-0.3, -0.25) is 4.79 Å². The number of fused-ring (bicyclic) bond motifs is 2. The summed E-state index contributed by atoms with van der Waals surface area (Å²) in [5, 5.41) is 0.524. The van der Waals surface area contributed by atoms with E-state index in [1.165, 1.54) is 11.3 Å². The Morgan fingerprint density at radius 2 is 2.20 bits per heavy atom. The summed E-state index contributed by atoms with van der Waals surface area (Å²) in [6.07, 6.45) is 1.96. The zero-order valence-electron chi connectivity index (χ0n) is 11.6. The largest absolute Gasteiger partial charge is 0.462 e. The van der Waals surface area contributed by atoms with E-state index in [4.69, 9.17) is 10.5 Å². The molecule has 0 aromatic carbocycles. The maximum Gasteiger partial charge on any atom is 0.341 e. The van der Waals surface area contributed by atoms with E-state index in [-0.39, 0.29) is 23.8 Å². The number of amides is 1. The molecule has 0 radical (unpaired) electrons. The molecule has 2 aliphatic heterocycles. The van der Waals surface area contributed by atoms with Crippen molar-refractivity contribution in [2.45, 2.75) is 38.6 Å². The van der Waals surface area contributed by atoms with Gasteiger partial charge in [0, 0.05) is 24.3 Å². The predicted molar refractivity (Wildman–Crippen MR) is 76.8 cm³/mol. The third-order valence-corrected chi connectivity index (χ3v) is 5.31. The van der Waals surface area contributed by atoms with Crippen LogP contribution in [0.2, 0.25) is 0 Å². The number of carbonyl (C=O) groups excluding carboxylic acids is 2. The molecule has 108 valence electrons. The summed E-state index contributed by atoms with van der Waals surface area (Å²) >= 11 is 1.44. The van der Waals surface area contributed by atoms with Crippen molar-refractivity contribution in [1.82, 2.24) is 4.90 Å². The smallest absolute Gasteiger partial charge is 0.341 e. The van der Waals surface area contributed by atoms with Gasteiger partial charge in [0.1, 0.15) is 5.00 Å². The molecule has 1 aliphatic carbocycles. The third-order valence-electron chi connectivity index (χ3n) is 4.18. The van der Waals surface area contributed by atoms with Crippen LogP contribution in [0.3, 0.4) is 0 Å². The second-order valence-electron chi connectivity index (χ2n) is 5.30. The lowest BCUT2D eigenvalue weighted by atomic mass is 9.77. The van der Waals surface area contributed by atoms with Crippen LogP contribution in [0.1, 0.15) is 59.4 Å². The highest BCUT2D eigenvalue weighted by molar-refractivity contribution is 7.16. The summed E-state index contributed by atoms with van der Waals surface area (Å²) < 4.78 is 5.12. The SMILES string of the molecule is CCOC(=O)c1c(N)sc2c1C1CCC2N(C(C)=O)C1. The van der Waals surface area contributed by atoms with Crippen LogP contribution in [0.4, 0.5) is 5.00 Å². The number of thiophene rings is 1. The van der Waals surface area contributed by atoms with Gasteiger partial charge in [0.25, 0.3) is 0 Å². The Balaban J connectivity index is 2.07. The number of anilines is 1. The molecule has 2 N–H and O–H groups in total. The van der Waals surface area contributed by atoms with Crippen LogP contribution in [-0.4, -0.2) is 29.9 Å². The lowest BCUT2D eigenvalue weighted by Gasteiger charge is -2.44. The van der Waals surface area contributed by atoms with Crippen molar-refractivity contribution in [3.63, 3.8) is 0 Å². The molecule has 1 aromatic rings. The van der Waals surface area contributed by atoms with E-state index >= 15 is 0 Å². The van der Waals surface area contributed by atoms with Gasteiger partial charge in [0.15, 0.2) is 0 Å². The summed E-state index contributed by atoms with van der Waals surface area (Å²) in [5.74, 6) is -0.0220. The Morgan fingerprint density at radius 3 is 2.85 bits per heavy atom. The van der Waals surface area contributed by atoms with Gasteiger partial charge >= 0.3 is 5.97 Å². The van der Waals surface area contributed by atoms with Crippen LogP contribution >= 0.6 is 11.3 Å². The fourth-order valence-electron chi connectivity index (χ4n) is 3.37. The van der Waals surface area contributed by atoms with E-state index in [1.807, 2.05) is 4.90 Å². The Hall–Kier alpha value is -1.56. The summed E-state index contributed by atoms with van der Waals surface area (Å²) in [6.45, 7) is 4.42. The minimum absolute atomic E-state index is 0.0861. The van der Waals surface area contributed by atoms with Crippen molar-refractivity contribution in [3.05, 3.63) is 16.0 Å². The first-order chi connectivity index (χ1) is 9.54. The second kappa shape index (κ2) is 4.77. The van der Waals surface area contributed by atoms with Gasteiger partial charge < -0.3 is 15.4 Å². The molecular formula is C14H18N2O3S. The first-order valence-corrected chi connectivity index (χ1v) is 7.72. The van der Waals surface area contributed by atoms with Crippen LogP contribution in [0.15, 0.2) is 0 Å². The van der Waals surface area contributed by atoms with Crippen molar-refractivity contribution in [3.8, 4) is 0 Å². The number of hydrogen-bond acceptors (Lipinski definition) is 5. The van der Waals surface area contributed by atoms with Gasteiger partial charge in [-0.15, -0.1) is 11.3 Å². The van der Waals surface area contributed by atoms with Gasteiger partial charge in [-0.25, -0.2) is 4.79 Å². The number of rotatable bonds is 2. The van der Waals surface area contributed by atoms with E-state index in [1.54, 1.807) is 13.8 Å². The summed E-state index contributed by atoms with van der Waals surface area (Å²) in [5.41, 5.74) is 7.63. The molecule has 0 saturated carbocycles. The van der Waals surface area contributed by atoms with Crippen LogP contribution in [0.25, 0.3) is 0 Å². The Morgan fingerprint density at radius 1 is 1.45 bits per heavy atom. The van der Waals surface area contributed by atoms with Gasteiger partial charge in [-0.2, -0.15) is 0 Å². The minimum atomic E-state index is -0.329. The van der Waals surface area contributed by atoms with Crippen LogP contribution < -0.4 is 5.73 Å². The molecule has 2 atom stereocenters. The molecule has 1 amide bonds. The number of hydrogen-bond donors (Lipinski definition) is 1. The highest BCUT2D eigenvalue weighted by Crippen LogP contribution is 2.53. The second-order valence-corrected chi connectivity index (χ2v) is 6.38. The average molecular weight is 294 g/mol. The summed E-state index contributed by atoms with van der Waals surface area (Å²) in [7, 11) is 0. The maximum atomic E-state index is 12.1. The van der Waals surface area contributed by atoms with E-state index < -0.39 is 0 Å². The van der Waals surface area contributed by atoms with Gasteiger partial charge in [0.2, 0.25) is 5.91 Å². The number of esters is 1. The molecule has 3 heterocycles. The Bertz CT molecular complexity index is 581. The van der Waals surface area contributed by atoms with Gasteiger partial charge in [-0.05, 0) is 25.3 Å². The van der Waals surface area contributed by atoms with Crippen LogP contribution in [0.5, 0.6) is 0 Å². The summed E-state index contributed by atoms with van der Waals surface area (Å²) in [6, 6.07) is 0.0861. The zero-order valence-corrected chi connectivity index (χ0v) is 12.5. The molecular weight excluding hydrogens is 276 g/mol. The van der Waals surface area contributed by atoms with Crippen LogP contribution in [0, 0.1) is 0 Å². The number of nitrogens with zero attached hydrogens (tertiary/aromatic N) is 1. The topological polar surface area (TPSA) is 72.6 Å². The van der Waals surface area contributed by atoms with E-state index in [9.17, 15) is 9.59 Å². The predicted octanol–water partition coefficient (Wildman–Crippen LogP) is 2.29. The molecule has 1 aromatic heterocycles. The summed E-state index contributed by atoms with van der Waals surface area (Å²) in [4.78, 5) is 26.8. The highest BCUT2D eigenvalue weighted by Gasteiger charge is 2.44. The zero-order chi connectivity index (χ0) is 14.4. The van der Waals surface area contributed by atoms with E-state index in [2.05, 4.69) is 0 Å². The van der Waals surface area contributed by atoms with Gasteiger partial charge in [-0.1, -0.05) is 0 Å². The van der Waals surface area contributed by atoms with Crippen molar-refractivity contribution in [2.24, 2.45) is 0 Å². The fourth-order valence-corrected chi connectivity index (χ4v) is 4.67. The molecule has 5 nitrogen and oxygen atoms in total. The van der Waals surface area contributed by atoms with E-state index in [0.717, 1.165) is 23.3 Å². The minimum Gasteiger partial charge on any atom is -0.462 e. The molecule has 1 fully saturated rings. The number of ether oxygens (including phenoxy) is 1. The van der Waals surface area contributed by atoms with E-state index in [0.29, 0.717) is 23.7 Å². The maximum absolute atomic E-state index is 12.1. The molecule has 0 spiro atoms. The number of nitrogens with two attached hydrogens (primary N) is 1. The normalized spacial score (nSPS) is 23.6. The van der Waals surface area contributed by atoms with Crippen molar-refractivity contribution < 1.29 is 14.3 Å². The lowest BCUT2D eigenvalue weighted by molar-refractivity contribution is -0.133. The molecule has 4 rings (SSSR count). The Labute approximate surface area is 121 Å². The van der Waals surface area contributed by atoms with Crippen molar-refractivity contribution in [2.75, 3.05) is 18.9 Å². The average Bonchev–Trinajstić information content (AvgIpc) is 2.78. The molecule has 3 aliphatic rings. The van der Waals surface area contributed by atoms with Crippen molar-refractivity contribution >= 4 is 28.2 Å². The fraction of sp³-hybridized carbons (Fsp3) is 0.571. The molecule has 2 bridgehead atoms. The molecule has 1 saturated heterocycles. The first-order valence-electron chi connectivity index (χ1n) is 6.91. The lowest BCUT2D eigenvalue weighted by Crippen LogP contribution is -2.44. The first kappa shape index (κ1) is 13.4. The third kappa shape index (κ3) is 1.82. The number of nitrogen functional groups attached to an aromatic ring is 1. The van der Waals surface area contributed by atoms with Crippen LogP contribution in [-0.2, 0) is 9.53 Å². The van der Waals surface area contributed by atoms with Gasteiger partial charge in [0.05, 0.1) is 18.2 Å². The standard InChI is InChI=1S/C14H18N2O3S/c1-3-19-14(18)11-10-8-4-5-9(12(10)20-13(11)15)16(6-8)7(2)17/h8-9H,3-6,15H2,1-2H3. The van der Waals surface area contributed by atoms with Crippen molar-refractivity contribution in [1.29, 1.82) is 0 Å². The Kier molecular flexibility index (Phi) is 3.20. The molecule has 2 unspecified atom stereocenters. The molecule has 6 heteroatoms. The highest BCUT2D eigenvalue weighted by atomic mass is 32.1. The number of piperidine rings is 1. The number of carbonyl (C=O) groups is 2. The molecule has 20 heavy (non-hydrogen) atoms. The monoisotopic (exact) mass is 294 g/mol. The quantitative estimate of drug-likeness (QED) is 0.849.